The molecule has 32 heavy (non-hydrogen) atoms. The van der Waals surface area contributed by atoms with Gasteiger partial charge >= 0.3 is 5.97 Å². The lowest BCUT2D eigenvalue weighted by molar-refractivity contribution is -0.125. The van der Waals surface area contributed by atoms with E-state index in [2.05, 4.69) is 5.32 Å². The first kappa shape index (κ1) is 23.3. The van der Waals surface area contributed by atoms with Crippen molar-refractivity contribution in [3.63, 3.8) is 0 Å². The highest BCUT2D eigenvalue weighted by molar-refractivity contribution is 7.90. The van der Waals surface area contributed by atoms with Crippen molar-refractivity contribution in [1.29, 1.82) is 0 Å². The van der Waals surface area contributed by atoms with E-state index in [1.54, 1.807) is 54.6 Å². The van der Waals surface area contributed by atoms with Crippen LogP contribution in [0.4, 0.5) is 5.69 Å². The maximum absolute atomic E-state index is 13.0. The van der Waals surface area contributed by atoms with Crippen LogP contribution in [0.5, 0.6) is 5.75 Å². The Morgan fingerprint density at radius 1 is 0.969 bits per heavy atom. The van der Waals surface area contributed by atoms with Crippen molar-refractivity contribution in [1.82, 2.24) is 0 Å². The molecule has 3 aromatic carbocycles. The molecule has 0 aliphatic carbocycles. The van der Waals surface area contributed by atoms with E-state index in [-0.39, 0.29) is 15.5 Å². The maximum atomic E-state index is 13.0. The Labute approximate surface area is 190 Å². The van der Waals surface area contributed by atoms with E-state index in [1.165, 1.54) is 19.2 Å². The second-order valence-corrected chi connectivity index (χ2v) is 9.25. The zero-order valence-electron chi connectivity index (χ0n) is 17.2. The highest BCUT2D eigenvalue weighted by Crippen LogP contribution is 2.26. The second kappa shape index (κ2) is 9.84. The first-order chi connectivity index (χ1) is 15.2. The lowest BCUT2D eigenvalue weighted by atomic mass is 10.1. The van der Waals surface area contributed by atoms with Crippen molar-refractivity contribution >= 4 is 39.0 Å². The monoisotopic (exact) mass is 473 g/mol. The Morgan fingerprint density at radius 2 is 1.69 bits per heavy atom. The number of benzene rings is 3. The van der Waals surface area contributed by atoms with Gasteiger partial charge in [0.05, 0.1) is 22.6 Å². The Morgan fingerprint density at radius 3 is 2.34 bits per heavy atom. The molecular weight excluding hydrogens is 454 g/mol. The lowest BCUT2D eigenvalue weighted by Crippen LogP contribution is -2.26. The van der Waals surface area contributed by atoms with Crippen LogP contribution >= 0.6 is 11.6 Å². The van der Waals surface area contributed by atoms with Crippen molar-refractivity contribution in [2.45, 2.75) is 11.0 Å². The van der Waals surface area contributed by atoms with Gasteiger partial charge in [-0.15, -0.1) is 0 Å². The van der Waals surface area contributed by atoms with E-state index in [9.17, 15) is 18.0 Å². The van der Waals surface area contributed by atoms with Gasteiger partial charge in [-0.2, -0.15) is 0 Å². The molecule has 0 bridgehead atoms. The summed E-state index contributed by atoms with van der Waals surface area (Å²) in [6.45, 7) is 0. The lowest BCUT2D eigenvalue weighted by Gasteiger charge is -2.19. The fourth-order valence-electron chi connectivity index (χ4n) is 2.87. The third kappa shape index (κ3) is 5.66. The van der Waals surface area contributed by atoms with Crippen LogP contribution in [0.25, 0.3) is 0 Å². The van der Waals surface area contributed by atoms with E-state index < -0.39 is 27.8 Å². The van der Waals surface area contributed by atoms with Crippen LogP contribution in [0.2, 0.25) is 5.02 Å². The number of amides is 1. The number of carbonyl (C=O) groups is 2. The molecule has 1 N–H and O–H groups in total. The van der Waals surface area contributed by atoms with Gasteiger partial charge in [0.2, 0.25) is 6.10 Å². The van der Waals surface area contributed by atoms with Gasteiger partial charge in [0.15, 0.2) is 9.84 Å². The molecule has 3 aromatic rings. The van der Waals surface area contributed by atoms with Gasteiger partial charge in [0.25, 0.3) is 5.91 Å². The van der Waals surface area contributed by atoms with Crippen LogP contribution in [0.15, 0.2) is 77.7 Å². The van der Waals surface area contributed by atoms with Gasteiger partial charge in [0.1, 0.15) is 5.75 Å². The Bertz CT molecular complexity index is 1240. The average Bonchev–Trinajstić information content (AvgIpc) is 2.77. The third-order valence-corrected chi connectivity index (χ3v) is 5.93. The SMILES string of the molecule is COc1cccc(NC(=O)C(OC(=O)c2cc(S(C)(=O)=O)ccc2Cl)c2ccccc2)c1. The normalized spacial score (nSPS) is 12.0. The minimum atomic E-state index is -3.58. The Kier molecular flexibility index (Phi) is 7.17. The molecule has 0 heterocycles. The number of anilines is 1. The minimum absolute atomic E-state index is 0.00224. The van der Waals surface area contributed by atoms with Crippen molar-refractivity contribution < 1.29 is 27.5 Å². The highest BCUT2D eigenvalue weighted by Gasteiger charge is 2.27. The zero-order valence-corrected chi connectivity index (χ0v) is 18.8. The van der Waals surface area contributed by atoms with Crippen LogP contribution < -0.4 is 10.1 Å². The zero-order chi connectivity index (χ0) is 23.3. The van der Waals surface area contributed by atoms with E-state index in [1.807, 2.05) is 0 Å². The summed E-state index contributed by atoms with van der Waals surface area (Å²) in [6.07, 6.45) is -0.299. The van der Waals surface area contributed by atoms with Crippen LogP contribution in [0.3, 0.4) is 0 Å². The van der Waals surface area contributed by atoms with Gasteiger partial charge < -0.3 is 14.8 Å². The number of sulfone groups is 1. The molecule has 0 saturated carbocycles. The summed E-state index contributed by atoms with van der Waals surface area (Å²) in [4.78, 5) is 25.8. The fraction of sp³-hybridized carbons (Fsp3) is 0.130. The molecule has 0 radical (unpaired) electrons. The number of ether oxygens (including phenoxy) is 2. The number of hydrogen-bond donors (Lipinski definition) is 1. The Hall–Kier alpha value is -3.36. The smallest absolute Gasteiger partial charge is 0.340 e. The number of nitrogens with one attached hydrogen (secondary N) is 1. The predicted molar refractivity (Wildman–Crippen MR) is 121 cm³/mol. The molecule has 9 heteroatoms. The molecule has 1 unspecified atom stereocenters. The summed E-state index contributed by atoms with van der Waals surface area (Å²) < 4.78 is 34.4. The van der Waals surface area contributed by atoms with E-state index >= 15 is 0 Å². The van der Waals surface area contributed by atoms with Crippen LogP contribution in [0, 0.1) is 0 Å². The Balaban J connectivity index is 1.92. The minimum Gasteiger partial charge on any atom is -0.497 e. The topological polar surface area (TPSA) is 98.8 Å². The van der Waals surface area contributed by atoms with Crippen LogP contribution in [-0.4, -0.2) is 33.7 Å². The summed E-state index contributed by atoms with van der Waals surface area (Å²) in [6, 6.07) is 18.9. The van der Waals surface area contributed by atoms with Gasteiger partial charge in [-0.3, -0.25) is 4.79 Å². The summed E-state index contributed by atoms with van der Waals surface area (Å²) in [7, 11) is -2.07. The third-order valence-electron chi connectivity index (χ3n) is 4.49. The molecule has 166 valence electrons. The molecule has 0 saturated heterocycles. The number of rotatable bonds is 7. The highest BCUT2D eigenvalue weighted by atomic mass is 35.5. The number of carbonyl (C=O) groups excluding carboxylic acids is 2. The quantitative estimate of drug-likeness (QED) is 0.514. The van der Waals surface area contributed by atoms with Crippen molar-refractivity contribution in [2.24, 2.45) is 0 Å². The molecule has 0 fully saturated rings. The summed E-state index contributed by atoms with van der Waals surface area (Å²) in [5, 5.41) is 2.70. The summed E-state index contributed by atoms with van der Waals surface area (Å²) >= 11 is 6.10. The number of halogens is 1. The standard InChI is InChI=1S/C23H20ClNO6S/c1-30-17-10-6-9-16(13-17)25-22(26)21(15-7-4-3-5-8-15)31-23(27)19-14-18(32(2,28)29)11-12-20(19)24/h3-14,21H,1-2H3,(H,25,26). The average molecular weight is 474 g/mol. The number of methoxy groups -OCH3 is 1. The molecular formula is C23H20ClNO6S. The van der Waals surface area contributed by atoms with E-state index in [0.29, 0.717) is 17.0 Å². The molecule has 1 amide bonds. The van der Waals surface area contributed by atoms with Crippen molar-refractivity contribution in [3.8, 4) is 5.75 Å². The predicted octanol–water partition coefficient (Wildman–Crippen LogP) is 4.29. The molecule has 7 nitrogen and oxygen atoms in total. The molecule has 3 rings (SSSR count). The van der Waals surface area contributed by atoms with Gasteiger partial charge in [-0.05, 0) is 30.3 Å². The first-order valence-corrected chi connectivity index (χ1v) is 11.7. The van der Waals surface area contributed by atoms with Crippen LogP contribution in [0.1, 0.15) is 22.0 Å². The second-order valence-electron chi connectivity index (χ2n) is 6.83. The number of hydrogen-bond acceptors (Lipinski definition) is 6. The maximum Gasteiger partial charge on any atom is 0.340 e. The van der Waals surface area contributed by atoms with Gasteiger partial charge in [-0.25, -0.2) is 13.2 Å². The van der Waals surface area contributed by atoms with Gasteiger partial charge in [0, 0.05) is 23.6 Å². The van der Waals surface area contributed by atoms with Crippen molar-refractivity contribution in [2.75, 3.05) is 18.7 Å². The summed E-state index contributed by atoms with van der Waals surface area (Å²) in [5.41, 5.74) is 0.713. The molecule has 0 aliphatic heterocycles. The molecule has 0 aromatic heterocycles. The fourth-order valence-corrected chi connectivity index (χ4v) is 3.71. The van der Waals surface area contributed by atoms with Gasteiger partial charge in [-0.1, -0.05) is 48.0 Å². The number of esters is 1. The van der Waals surface area contributed by atoms with E-state index in [4.69, 9.17) is 21.1 Å². The molecule has 1 atom stereocenters. The van der Waals surface area contributed by atoms with E-state index in [0.717, 1.165) is 12.3 Å². The summed E-state index contributed by atoms with van der Waals surface area (Å²) in [5.74, 6) is -0.997. The van der Waals surface area contributed by atoms with Crippen molar-refractivity contribution in [3.05, 3.63) is 88.9 Å². The van der Waals surface area contributed by atoms with Crippen LogP contribution in [-0.2, 0) is 19.4 Å². The largest absolute Gasteiger partial charge is 0.497 e. The molecule has 0 aliphatic rings. The first-order valence-electron chi connectivity index (χ1n) is 9.39. The molecule has 0 spiro atoms.